The topological polar surface area (TPSA) is 136 Å². The molecule has 4 amide bonds. The second-order valence-electron chi connectivity index (χ2n) is 7.42. The highest BCUT2D eigenvalue weighted by Crippen LogP contribution is 2.25. The molecule has 1 aliphatic rings. The SMILES string of the molecule is COC(=O)c1ccc(N2C(=O)NC(=O)/C(=C/c3cccc(OS(=O)(=O)c4ccccc4)c3)C2=O)cc1. The standard InChI is InChI=1S/C25H18N2O8S/c1-34-24(30)17-10-12-18(13-11-17)27-23(29)21(22(28)26-25(27)31)15-16-6-5-7-19(14-16)35-36(32,33)20-8-3-2-4-9-20/h2-15H,1H3,(H,26,28,31)/b21-15-. The second kappa shape index (κ2) is 9.84. The number of methoxy groups -OCH3 is 1. The Hall–Kier alpha value is -4.77. The molecule has 0 spiro atoms. The van der Waals surface area contributed by atoms with Crippen LogP contribution >= 0.6 is 0 Å². The fraction of sp³-hybridized carbons (Fsp3) is 0.0400. The monoisotopic (exact) mass is 506 g/mol. The Balaban J connectivity index is 1.62. The minimum Gasteiger partial charge on any atom is -0.465 e. The number of nitrogens with one attached hydrogen (secondary N) is 1. The van der Waals surface area contributed by atoms with Gasteiger partial charge in [0.15, 0.2) is 0 Å². The van der Waals surface area contributed by atoms with Crippen molar-refractivity contribution in [1.82, 2.24) is 5.32 Å². The maximum absolute atomic E-state index is 13.1. The van der Waals surface area contributed by atoms with Crippen molar-refractivity contribution in [2.75, 3.05) is 12.0 Å². The molecular formula is C25H18N2O8S. The van der Waals surface area contributed by atoms with E-state index in [4.69, 9.17) is 4.18 Å². The van der Waals surface area contributed by atoms with Crippen molar-refractivity contribution in [2.45, 2.75) is 4.90 Å². The van der Waals surface area contributed by atoms with E-state index in [2.05, 4.69) is 10.1 Å². The van der Waals surface area contributed by atoms with Gasteiger partial charge in [0.2, 0.25) is 0 Å². The average Bonchev–Trinajstić information content (AvgIpc) is 2.87. The van der Waals surface area contributed by atoms with Crippen LogP contribution in [0.3, 0.4) is 0 Å². The summed E-state index contributed by atoms with van der Waals surface area (Å²) in [6, 6.07) is 17.8. The van der Waals surface area contributed by atoms with Gasteiger partial charge in [-0.1, -0.05) is 30.3 Å². The van der Waals surface area contributed by atoms with Crippen LogP contribution in [0.4, 0.5) is 10.5 Å². The summed E-state index contributed by atoms with van der Waals surface area (Å²) in [7, 11) is -2.88. The summed E-state index contributed by atoms with van der Waals surface area (Å²) >= 11 is 0. The van der Waals surface area contributed by atoms with Crippen molar-refractivity contribution >= 4 is 45.7 Å². The first-order valence-corrected chi connectivity index (χ1v) is 11.8. The molecular weight excluding hydrogens is 488 g/mol. The Morgan fingerprint density at radius 3 is 2.28 bits per heavy atom. The molecule has 0 aliphatic carbocycles. The normalized spacial score (nSPS) is 15.0. The van der Waals surface area contributed by atoms with Crippen LogP contribution in [0.25, 0.3) is 6.08 Å². The molecule has 36 heavy (non-hydrogen) atoms. The molecule has 1 saturated heterocycles. The third-order valence-electron chi connectivity index (χ3n) is 5.06. The number of amides is 4. The highest BCUT2D eigenvalue weighted by Gasteiger charge is 2.36. The molecule has 0 aromatic heterocycles. The van der Waals surface area contributed by atoms with E-state index in [9.17, 15) is 27.6 Å². The molecule has 0 atom stereocenters. The molecule has 11 heteroatoms. The number of benzene rings is 3. The highest BCUT2D eigenvalue weighted by atomic mass is 32.2. The van der Waals surface area contributed by atoms with E-state index in [0.29, 0.717) is 0 Å². The number of anilines is 1. The van der Waals surface area contributed by atoms with Gasteiger partial charge < -0.3 is 8.92 Å². The number of esters is 1. The number of rotatable bonds is 6. The first kappa shape index (κ1) is 24.4. The van der Waals surface area contributed by atoms with E-state index in [1.165, 1.54) is 73.8 Å². The zero-order chi connectivity index (χ0) is 25.9. The molecule has 0 saturated carbocycles. The molecule has 1 heterocycles. The van der Waals surface area contributed by atoms with E-state index in [0.717, 1.165) is 4.90 Å². The predicted molar refractivity (Wildman–Crippen MR) is 127 cm³/mol. The predicted octanol–water partition coefficient (Wildman–Crippen LogP) is 2.91. The smallest absolute Gasteiger partial charge is 0.339 e. The zero-order valence-electron chi connectivity index (χ0n) is 18.7. The van der Waals surface area contributed by atoms with Crippen molar-refractivity contribution in [1.29, 1.82) is 0 Å². The zero-order valence-corrected chi connectivity index (χ0v) is 19.5. The largest absolute Gasteiger partial charge is 0.465 e. The van der Waals surface area contributed by atoms with Gasteiger partial charge in [-0.15, -0.1) is 0 Å². The Morgan fingerprint density at radius 2 is 1.61 bits per heavy atom. The molecule has 4 rings (SSSR count). The molecule has 3 aromatic rings. The minimum absolute atomic E-state index is 0.0387. The van der Waals surface area contributed by atoms with E-state index in [1.807, 2.05) is 0 Å². The van der Waals surface area contributed by atoms with Crippen LogP contribution in [0.15, 0.2) is 89.3 Å². The first-order chi connectivity index (χ1) is 17.2. The summed E-state index contributed by atoms with van der Waals surface area (Å²) in [6.45, 7) is 0. The van der Waals surface area contributed by atoms with Crippen LogP contribution in [0.2, 0.25) is 0 Å². The summed E-state index contributed by atoms with van der Waals surface area (Å²) in [5.41, 5.74) is 0.245. The van der Waals surface area contributed by atoms with Gasteiger partial charge in [-0.05, 0) is 60.2 Å². The molecule has 1 N–H and O–H groups in total. The van der Waals surface area contributed by atoms with Crippen LogP contribution in [-0.2, 0) is 24.4 Å². The number of urea groups is 1. The van der Waals surface area contributed by atoms with Crippen molar-refractivity contribution in [3.63, 3.8) is 0 Å². The van der Waals surface area contributed by atoms with Crippen LogP contribution in [0.5, 0.6) is 5.75 Å². The third kappa shape index (κ3) is 5.00. The Kier molecular flexibility index (Phi) is 6.66. The Bertz CT molecular complexity index is 1500. The maximum atomic E-state index is 13.1. The summed E-state index contributed by atoms with van der Waals surface area (Å²) in [4.78, 5) is 50.3. The van der Waals surface area contributed by atoms with Gasteiger partial charge in [0.05, 0.1) is 18.4 Å². The van der Waals surface area contributed by atoms with Crippen molar-refractivity contribution in [3.05, 3.63) is 95.6 Å². The highest BCUT2D eigenvalue weighted by molar-refractivity contribution is 7.87. The lowest BCUT2D eigenvalue weighted by atomic mass is 10.1. The van der Waals surface area contributed by atoms with Gasteiger partial charge in [0.25, 0.3) is 11.8 Å². The molecule has 0 radical (unpaired) electrons. The second-order valence-corrected chi connectivity index (χ2v) is 8.97. The van der Waals surface area contributed by atoms with Crippen LogP contribution < -0.4 is 14.4 Å². The summed E-state index contributed by atoms with van der Waals surface area (Å²) in [5, 5.41) is 2.09. The number of carbonyl (C=O) groups excluding carboxylic acids is 4. The quantitative estimate of drug-likeness (QED) is 0.233. The van der Waals surface area contributed by atoms with Gasteiger partial charge in [0, 0.05) is 0 Å². The Morgan fingerprint density at radius 1 is 0.917 bits per heavy atom. The maximum Gasteiger partial charge on any atom is 0.339 e. The van der Waals surface area contributed by atoms with Crippen LogP contribution in [-0.4, -0.2) is 39.3 Å². The van der Waals surface area contributed by atoms with E-state index in [1.54, 1.807) is 18.2 Å². The number of nitrogens with zero attached hydrogens (tertiary/aromatic N) is 1. The minimum atomic E-state index is -4.10. The number of carbonyl (C=O) groups is 4. The summed E-state index contributed by atoms with van der Waals surface area (Å²) in [5.74, 6) is -2.46. The molecule has 3 aromatic carbocycles. The van der Waals surface area contributed by atoms with Crippen LogP contribution in [0.1, 0.15) is 15.9 Å². The van der Waals surface area contributed by atoms with E-state index >= 15 is 0 Å². The number of hydrogen-bond donors (Lipinski definition) is 1. The van der Waals surface area contributed by atoms with E-state index < -0.39 is 33.9 Å². The summed E-state index contributed by atoms with van der Waals surface area (Å²) < 4.78 is 34.8. The molecule has 0 unspecified atom stereocenters. The van der Waals surface area contributed by atoms with Gasteiger partial charge in [-0.25, -0.2) is 14.5 Å². The number of hydrogen-bond acceptors (Lipinski definition) is 8. The lowest BCUT2D eigenvalue weighted by Gasteiger charge is -2.26. The fourth-order valence-corrected chi connectivity index (χ4v) is 4.28. The number of barbiturate groups is 1. The lowest BCUT2D eigenvalue weighted by molar-refractivity contribution is -0.122. The third-order valence-corrected chi connectivity index (χ3v) is 6.32. The Labute approximate surface area is 205 Å². The fourth-order valence-electron chi connectivity index (χ4n) is 3.34. The molecule has 1 fully saturated rings. The van der Waals surface area contributed by atoms with E-state index in [-0.39, 0.29) is 33.0 Å². The number of ether oxygens (including phenoxy) is 1. The number of imide groups is 2. The molecule has 1 aliphatic heterocycles. The molecule has 10 nitrogen and oxygen atoms in total. The van der Waals surface area contributed by atoms with Gasteiger partial charge in [0.1, 0.15) is 16.2 Å². The first-order valence-electron chi connectivity index (χ1n) is 10.4. The summed E-state index contributed by atoms with van der Waals surface area (Å²) in [6.07, 6.45) is 1.21. The lowest BCUT2D eigenvalue weighted by Crippen LogP contribution is -2.54. The molecule has 182 valence electrons. The van der Waals surface area contributed by atoms with Crippen LogP contribution in [0, 0.1) is 0 Å². The van der Waals surface area contributed by atoms with Crippen molar-refractivity contribution in [3.8, 4) is 5.75 Å². The average molecular weight is 506 g/mol. The van der Waals surface area contributed by atoms with Gasteiger partial charge in [-0.3, -0.25) is 14.9 Å². The van der Waals surface area contributed by atoms with Crippen molar-refractivity contribution in [2.24, 2.45) is 0 Å². The van der Waals surface area contributed by atoms with Gasteiger partial charge in [-0.2, -0.15) is 8.42 Å². The van der Waals surface area contributed by atoms with Crippen molar-refractivity contribution < 1.29 is 36.5 Å². The van der Waals surface area contributed by atoms with Gasteiger partial charge >= 0.3 is 22.1 Å². The molecule has 0 bridgehead atoms.